The van der Waals surface area contributed by atoms with E-state index in [1.54, 1.807) is 12.1 Å². The number of halogens is 1. The van der Waals surface area contributed by atoms with Gasteiger partial charge in [0.15, 0.2) is 0 Å². The van der Waals surface area contributed by atoms with Crippen LogP contribution in [0, 0.1) is 5.82 Å². The minimum absolute atomic E-state index is 0.0404. The number of carbonyl (C=O) groups is 2. The van der Waals surface area contributed by atoms with E-state index in [2.05, 4.69) is 0 Å². The Morgan fingerprint density at radius 1 is 1.14 bits per heavy atom. The summed E-state index contributed by atoms with van der Waals surface area (Å²) in [7, 11) is -3.65. The number of hydrogen-bond acceptors (Lipinski definition) is 5. The van der Waals surface area contributed by atoms with Crippen molar-refractivity contribution >= 4 is 21.8 Å². The molecule has 0 aliphatic carbocycles. The Hall–Kier alpha value is -2.82. The van der Waals surface area contributed by atoms with Crippen LogP contribution in [0.1, 0.15) is 48.6 Å². The second kappa shape index (κ2) is 9.67. The highest BCUT2D eigenvalue weighted by Gasteiger charge is 2.49. The average Bonchev–Trinajstić information content (AvgIpc) is 2.77. The summed E-state index contributed by atoms with van der Waals surface area (Å²) in [6.07, 6.45) is 1.23. The van der Waals surface area contributed by atoms with Gasteiger partial charge >= 0.3 is 0 Å². The topological polar surface area (TPSA) is 110 Å². The summed E-state index contributed by atoms with van der Waals surface area (Å²) in [6.45, 7) is 3.10. The maximum absolute atomic E-state index is 15.3. The molecule has 4 rings (SSSR count). The van der Waals surface area contributed by atoms with Crippen molar-refractivity contribution in [1.82, 2.24) is 9.21 Å². The normalized spacial score (nSPS) is 23.5. The fraction of sp³-hybridized carbons (Fsp3) is 0.440. The van der Waals surface area contributed by atoms with E-state index in [4.69, 9.17) is 10.5 Å². The number of benzene rings is 2. The van der Waals surface area contributed by atoms with Crippen molar-refractivity contribution < 1.29 is 27.1 Å². The van der Waals surface area contributed by atoms with Crippen molar-refractivity contribution in [2.45, 2.75) is 50.1 Å². The molecule has 2 aromatic carbocycles. The monoisotopic (exact) mass is 503 g/mol. The van der Waals surface area contributed by atoms with Crippen molar-refractivity contribution in [2.75, 3.05) is 19.7 Å². The first-order chi connectivity index (χ1) is 16.5. The van der Waals surface area contributed by atoms with Crippen molar-refractivity contribution in [1.29, 1.82) is 0 Å². The number of rotatable bonds is 7. The number of amides is 2. The lowest BCUT2D eigenvalue weighted by Gasteiger charge is -2.49. The van der Waals surface area contributed by atoms with Crippen LogP contribution < -0.4 is 5.73 Å². The van der Waals surface area contributed by atoms with Crippen LogP contribution in [-0.4, -0.2) is 55.2 Å². The molecule has 2 N–H and O–H groups in total. The molecule has 2 aliphatic heterocycles. The lowest BCUT2D eigenvalue weighted by molar-refractivity contribution is -0.174. The van der Waals surface area contributed by atoms with Crippen LogP contribution in [0.25, 0.3) is 0 Å². The molecule has 10 heteroatoms. The molecule has 2 fully saturated rings. The Bertz CT molecular complexity index is 1210. The summed E-state index contributed by atoms with van der Waals surface area (Å²) >= 11 is 0. The number of ether oxygens (including phenoxy) is 1. The van der Waals surface area contributed by atoms with E-state index in [1.807, 2.05) is 37.3 Å². The van der Waals surface area contributed by atoms with E-state index in [0.717, 1.165) is 5.56 Å². The van der Waals surface area contributed by atoms with E-state index < -0.39 is 39.2 Å². The van der Waals surface area contributed by atoms with Gasteiger partial charge in [-0.05, 0) is 37.0 Å². The Kier molecular flexibility index (Phi) is 6.99. The molecule has 188 valence electrons. The number of nitrogens with zero attached hydrogens (tertiary/aromatic N) is 2. The van der Waals surface area contributed by atoms with E-state index in [-0.39, 0.29) is 37.1 Å². The van der Waals surface area contributed by atoms with Gasteiger partial charge in [0.25, 0.3) is 0 Å². The number of nitrogens with two attached hydrogens (primary N) is 1. The zero-order valence-electron chi connectivity index (χ0n) is 19.8. The maximum atomic E-state index is 15.3. The summed E-state index contributed by atoms with van der Waals surface area (Å²) < 4.78 is 49.4. The number of likely N-dealkylation sites (tertiary alicyclic amines) is 1. The van der Waals surface area contributed by atoms with E-state index in [0.29, 0.717) is 18.4 Å². The van der Waals surface area contributed by atoms with Gasteiger partial charge in [0.2, 0.25) is 21.8 Å². The first kappa shape index (κ1) is 25.3. The smallest absolute Gasteiger partial charge is 0.243 e. The molecule has 0 saturated carbocycles. The Morgan fingerprint density at radius 3 is 2.43 bits per heavy atom. The Balaban J connectivity index is 1.58. The summed E-state index contributed by atoms with van der Waals surface area (Å²) in [5.41, 5.74) is 5.49. The lowest BCUT2D eigenvalue weighted by atomic mass is 9.84. The second-order valence-electron chi connectivity index (χ2n) is 9.35. The predicted octanol–water partition coefficient (Wildman–Crippen LogP) is 2.44. The van der Waals surface area contributed by atoms with Crippen LogP contribution in [0.5, 0.6) is 0 Å². The summed E-state index contributed by atoms with van der Waals surface area (Å²) in [5.74, 6) is -1.46. The Labute approximate surface area is 204 Å². The van der Waals surface area contributed by atoms with E-state index in [9.17, 15) is 18.0 Å². The molecule has 8 nitrogen and oxygen atoms in total. The van der Waals surface area contributed by atoms with Crippen LogP contribution in [0.3, 0.4) is 0 Å². The SMILES string of the molecule is CC(=O)N1CC(OCC(N)=O)(c2ccc(CN3[C@@H](C)CC[C@H](c4ccccc4)S3(=O)=O)cc2F)C1. The maximum Gasteiger partial charge on any atom is 0.243 e. The van der Waals surface area contributed by atoms with Gasteiger partial charge < -0.3 is 15.4 Å². The molecule has 2 aromatic rings. The first-order valence-electron chi connectivity index (χ1n) is 11.6. The first-order valence-corrected chi connectivity index (χ1v) is 13.1. The molecular formula is C25H30FN3O5S. The lowest BCUT2D eigenvalue weighted by Crippen LogP contribution is -2.62. The van der Waals surface area contributed by atoms with Gasteiger partial charge in [-0.2, -0.15) is 4.31 Å². The van der Waals surface area contributed by atoms with Crippen molar-refractivity contribution in [2.24, 2.45) is 5.73 Å². The minimum Gasteiger partial charge on any atom is -0.368 e. The molecule has 0 spiro atoms. The van der Waals surface area contributed by atoms with Gasteiger partial charge in [-0.25, -0.2) is 12.8 Å². The second-order valence-corrected chi connectivity index (χ2v) is 11.4. The van der Waals surface area contributed by atoms with Gasteiger partial charge in [0.05, 0.1) is 13.1 Å². The van der Waals surface area contributed by atoms with Crippen LogP contribution in [-0.2, 0) is 36.5 Å². The molecule has 2 heterocycles. The molecule has 0 radical (unpaired) electrons. The van der Waals surface area contributed by atoms with Gasteiger partial charge in [-0.3, -0.25) is 9.59 Å². The average molecular weight is 504 g/mol. The number of hydrogen-bond donors (Lipinski definition) is 1. The molecular weight excluding hydrogens is 473 g/mol. The highest BCUT2D eigenvalue weighted by molar-refractivity contribution is 7.89. The molecule has 0 aromatic heterocycles. The third-order valence-corrected chi connectivity index (χ3v) is 9.26. The molecule has 2 amide bonds. The quantitative estimate of drug-likeness (QED) is 0.624. The summed E-state index contributed by atoms with van der Waals surface area (Å²) in [5, 5.41) is -0.637. The number of carbonyl (C=O) groups excluding carboxylic acids is 2. The highest BCUT2D eigenvalue weighted by atomic mass is 32.2. The summed E-state index contributed by atoms with van der Waals surface area (Å²) in [4.78, 5) is 24.4. The van der Waals surface area contributed by atoms with Crippen LogP contribution in [0.4, 0.5) is 4.39 Å². The zero-order chi connectivity index (χ0) is 25.4. The van der Waals surface area contributed by atoms with E-state index >= 15 is 4.39 Å². The zero-order valence-corrected chi connectivity index (χ0v) is 20.6. The molecule has 0 unspecified atom stereocenters. The summed E-state index contributed by atoms with van der Waals surface area (Å²) in [6, 6.07) is 13.4. The van der Waals surface area contributed by atoms with Gasteiger partial charge in [0, 0.05) is 25.1 Å². The standard InChI is InChI=1S/C25H30FN3O5S/c1-17-8-11-23(20-6-4-3-5-7-20)35(32,33)29(17)13-19-9-10-21(22(26)12-19)25(34-14-24(27)31)15-28(16-25)18(2)30/h3-7,9-10,12,17,23H,8,11,13-16H2,1-2H3,(H2,27,31)/t17-,23+/m0/s1. The van der Waals surface area contributed by atoms with E-state index in [1.165, 1.54) is 22.2 Å². The largest absolute Gasteiger partial charge is 0.368 e. The number of primary amides is 1. The van der Waals surface area contributed by atoms with Gasteiger partial charge in [0.1, 0.15) is 23.3 Å². The molecule has 0 bridgehead atoms. The molecule has 35 heavy (non-hydrogen) atoms. The number of sulfonamides is 1. The third-order valence-electron chi connectivity index (χ3n) is 6.89. The fourth-order valence-corrected chi connectivity index (χ4v) is 7.10. The third kappa shape index (κ3) is 4.96. The van der Waals surface area contributed by atoms with Crippen LogP contribution in [0.2, 0.25) is 0 Å². The van der Waals surface area contributed by atoms with Crippen molar-refractivity contribution in [3.63, 3.8) is 0 Å². The molecule has 2 atom stereocenters. The fourth-order valence-electron chi connectivity index (χ4n) is 4.90. The molecule has 2 saturated heterocycles. The predicted molar refractivity (Wildman–Crippen MR) is 128 cm³/mol. The van der Waals surface area contributed by atoms with Crippen LogP contribution in [0.15, 0.2) is 48.5 Å². The minimum atomic E-state index is -3.65. The van der Waals surface area contributed by atoms with Crippen LogP contribution >= 0.6 is 0 Å². The highest BCUT2D eigenvalue weighted by Crippen LogP contribution is 2.40. The van der Waals surface area contributed by atoms with Crippen molar-refractivity contribution in [3.05, 3.63) is 71.0 Å². The molecule has 2 aliphatic rings. The van der Waals surface area contributed by atoms with Crippen molar-refractivity contribution in [3.8, 4) is 0 Å². The van der Waals surface area contributed by atoms with Gasteiger partial charge in [-0.1, -0.05) is 42.5 Å². The Morgan fingerprint density at radius 2 is 1.83 bits per heavy atom. The van der Waals surface area contributed by atoms with Gasteiger partial charge in [-0.15, -0.1) is 0 Å².